The van der Waals surface area contributed by atoms with Crippen LogP contribution in [0.1, 0.15) is 11.1 Å². The van der Waals surface area contributed by atoms with Gasteiger partial charge in [-0.15, -0.1) is 10.2 Å². The lowest BCUT2D eigenvalue weighted by molar-refractivity contribution is -0.115. The van der Waals surface area contributed by atoms with Crippen LogP contribution in [-0.4, -0.2) is 26.8 Å². The summed E-state index contributed by atoms with van der Waals surface area (Å²) < 4.78 is 5.89. The van der Waals surface area contributed by atoms with E-state index in [1.165, 1.54) is 22.9 Å². The van der Waals surface area contributed by atoms with Crippen LogP contribution >= 0.6 is 11.8 Å². The fraction of sp³-hybridized carbons (Fsp3) is 0.115. The number of carbonyl (C=O) groups excluding carboxylic acids is 1. The molecular formula is C26H20N4O2S. The number of fused-ring (bicyclic) bond motifs is 3. The summed E-state index contributed by atoms with van der Waals surface area (Å²) in [5, 5.41) is 9.76. The number of thioether (sulfide) groups is 1. The summed E-state index contributed by atoms with van der Waals surface area (Å²) in [5.74, 6) is 0.611. The number of hydrogen-bond donors (Lipinski definition) is 1. The molecule has 0 saturated heterocycles. The third kappa shape index (κ3) is 3.60. The minimum atomic E-state index is -0.0198. The van der Waals surface area contributed by atoms with Gasteiger partial charge in [-0.2, -0.15) is 0 Å². The van der Waals surface area contributed by atoms with Crippen LogP contribution in [0.4, 0.5) is 11.4 Å². The quantitative estimate of drug-likeness (QED) is 0.350. The molecule has 3 heterocycles. The van der Waals surface area contributed by atoms with Crippen molar-refractivity contribution in [3.63, 3.8) is 0 Å². The van der Waals surface area contributed by atoms with Gasteiger partial charge in [0.05, 0.1) is 22.7 Å². The van der Waals surface area contributed by atoms with Gasteiger partial charge in [-0.1, -0.05) is 66.4 Å². The number of anilines is 2. The summed E-state index contributed by atoms with van der Waals surface area (Å²) in [6.45, 7) is 0. The van der Waals surface area contributed by atoms with E-state index in [2.05, 4.69) is 27.3 Å². The van der Waals surface area contributed by atoms with Crippen molar-refractivity contribution in [2.75, 3.05) is 10.7 Å². The molecule has 2 aromatic heterocycles. The molecule has 1 amide bonds. The fourth-order valence-electron chi connectivity index (χ4n) is 4.36. The van der Waals surface area contributed by atoms with Gasteiger partial charge in [-0.3, -0.25) is 9.69 Å². The molecular weight excluding hydrogens is 432 g/mol. The lowest BCUT2D eigenvalue weighted by atomic mass is 10.0. The second-order valence-electron chi connectivity index (χ2n) is 7.90. The number of aromatic nitrogens is 3. The van der Waals surface area contributed by atoms with Gasteiger partial charge in [0.25, 0.3) is 11.1 Å². The SMILES string of the molecule is O=C(CSc1nnc(-c2c[nH]c3ccccc23)o1)N1c2ccccc2CCc2ccccc21. The highest BCUT2D eigenvalue weighted by molar-refractivity contribution is 7.99. The Balaban J connectivity index is 1.26. The van der Waals surface area contributed by atoms with E-state index >= 15 is 0 Å². The number of hydrogen-bond acceptors (Lipinski definition) is 5. The molecule has 3 aromatic carbocycles. The van der Waals surface area contributed by atoms with E-state index in [1.807, 2.05) is 71.8 Å². The predicted molar refractivity (Wildman–Crippen MR) is 130 cm³/mol. The standard InChI is InChI=1S/C26H20N4O2S/c31-24(30-22-11-5-1-7-17(22)13-14-18-8-2-6-12-23(18)30)16-33-26-29-28-25(32-26)20-15-27-21-10-4-3-9-19(20)21/h1-12,15,27H,13-14,16H2. The molecule has 162 valence electrons. The molecule has 6 nitrogen and oxygen atoms in total. The zero-order valence-electron chi connectivity index (χ0n) is 17.7. The van der Waals surface area contributed by atoms with E-state index in [-0.39, 0.29) is 11.7 Å². The van der Waals surface area contributed by atoms with Gasteiger partial charge in [0.2, 0.25) is 5.91 Å². The Bertz CT molecular complexity index is 1420. The maximum absolute atomic E-state index is 13.5. The van der Waals surface area contributed by atoms with Crippen LogP contribution in [0.3, 0.4) is 0 Å². The number of H-pyrrole nitrogens is 1. The van der Waals surface area contributed by atoms with Crippen LogP contribution in [0.5, 0.6) is 0 Å². The maximum Gasteiger partial charge on any atom is 0.277 e. The minimum absolute atomic E-state index is 0.0198. The summed E-state index contributed by atoms with van der Waals surface area (Å²) in [5.41, 5.74) is 6.09. The fourth-order valence-corrected chi connectivity index (χ4v) is 4.97. The highest BCUT2D eigenvalue weighted by Crippen LogP contribution is 2.37. The molecule has 33 heavy (non-hydrogen) atoms. The molecule has 0 fully saturated rings. The molecule has 7 heteroatoms. The van der Waals surface area contributed by atoms with E-state index in [4.69, 9.17) is 4.42 Å². The van der Waals surface area contributed by atoms with E-state index in [0.29, 0.717) is 11.1 Å². The number of aryl methyl sites for hydroxylation is 2. The summed E-state index contributed by atoms with van der Waals surface area (Å²) in [6.07, 6.45) is 3.67. The average molecular weight is 453 g/mol. The van der Waals surface area contributed by atoms with E-state index < -0.39 is 0 Å². The number of benzene rings is 3. The largest absolute Gasteiger partial charge is 0.411 e. The van der Waals surface area contributed by atoms with Crippen LogP contribution < -0.4 is 4.90 Å². The smallest absolute Gasteiger partial charge is 0.277 e. The van der Waals surface area contributed by atoms with Gasteiger partial charge in [0.15, 0.2) is 0 Å². The first-order chi connectivity index (χ1) is 16.3. The van der Waals surface area contributed by atoms with Crippen LogP contribution in [0, 0.1) is 0 Å². The van der Waals surface area contributed by atoms with Crippen LogP contribution in [0.2, 0.25) is 0 Å². The number of para-hydroxylation sites is 3. The number of rotatable bonds is 4. The Labute approximate surface area is 194 Å². The second kappa shape index (κ2) is 8.26. The third-order valence-electron chi connectivity index (χ3n) is 5.92. The Hall–Kier alpha value is -3.84. The molecule has 0 unspecified atom stereocenters. The number of amides is 1. The van der Waals surface area contributed by atoms with E-state index in [1.54, 1.807) is 0 Å². The highest BCUT2D eigenvalue weighted by atomic mass is 32.2. The zero-order chi connectivity index (χ0) is 22.2. The highest BCUT2D eigenvalue weighted by Gasteiger charge is 2.26. The predicted octanol–water partition coefficient (Wildman–Crippen LogP) is 5.77. The molecule has 0 radical (unpaired) electrons. The van der Waals surface area contributed by atoms with Crippen molar-refractivity contribution in [3.05, 3.63) is 90.1 Å². The maximum atomic E-state index is 13.5. The Morgan fingerprint density at radius 1 is 0.909 bits per heavy atom. The Morgan fingerprint density at radius 2 is 1.58 bits per heavy atom. The lowest BCUT2D eigenvalue weighted by Gasteiger charge is -2.24. The van der Waals surface area contributed by atoms with Crippen LogP contribution in [0.25, 0.3) is 22.4 Å². The van der Waals surface area contributed by atoms with Crippen molar-refractivity contribution >= 4 is 39.9 Å². The summed E-state index contributed by atoms with van der Waals surface area (Å²) in [4.78, 5) is 18.5. The van der Waals surface area contributed by atoms with E-state index in [9.17, 15) is 4.79 Å². The summed E-state index contributed by atoms with van der Waals surface area (Å²) in [6, 6.07) is 24.2. The lowest BCUT2D eigenvalue weighted by Crippen LogP contribution is -2.28. The number of nitrogens with one attached hydrogen (secondary N) is 1. The number of aromatic amines is 1. The van der Waals surface area contributed by atoms with E-state index in [0.717, 1.165) is 40.7 Å². The minimum Gasteiger partial charge on any atom is -0.411 e. The zero-order valence-corrected chi connectivity index (χ0v) is 18.5. The molecule has 1 N–H and O–H groups in total. The van der Waals surface area contributed by atoms with Crippen molar-refractivity contribution in [2.45, 2.75) is 18.1 Å². The van der Waals surface area contributed by atoms with Gasteiger partial charge in [-0.05, 0) is 42.2 Å². The second-order valence-corrected chi connectivity index (χ2v) is 8.82. The topological polar surface area (TPSA) is 75.0 Å². The first-order valence-corrected chi connectivity index (χ1v) is 11.8. The first kappa shape index (κ1) is 19.8. The van der Waals surface area contributed by atoms with Crippen LogP contribution in [0.15, 0.2) is 88.6 Å². The first-order valence-electron chi connectivity index (χ1n) is 10.8. The van der Waals surface area contributed by atoms with Crippen molar-refractivity contribution < 1.29 is 9.21 Å². The van der Waals surface area contributed by atoms with Gasteiger partial charge in [-0.25, -0.2) is 0 Å². The van der Waals surface area contributed by atoms with Crippen molar-refractivity contribution in [1.29, 1.82) is 0 Å². The molecule has 0 atom stereocenters. The molecule has 0 saturated carbocycles. The Kier molecular flexibility index (Phi) is 4.96. The van der Waals surface area contributed by atoms with Gasteiger partial charge < -0.3 is 9.40 Å². The number of nitrogens with zero attached hydrogens (tertiary/aromatic N) is 3. The number of carbonyl (C=O) groups is 1. The van der Waals surface area contributed by atoms with Crippen molar-refractivity contribution in [3.8, 4) is 11.5 Å². The van der Waals surface area contributed by atoms with Gasteiger partial charge in [0.1, 0.15) is 0 Å². The van der Waals surface area contributed by atoms with Crippen LogP contribution in [-0.2, 0) is 17.6 Å². The average Bonchev–Trinajstić information content (AvgIpc) is 3.46. The monoisotopic (exact) mass is 452 g/mol. The van der Waals surface area contributed by atoms with Gasteiger partial charge in [0, 0.05) is 17.1 Å². The summed E-state index contributed by atoms with van der Waals surface area (Å²) >= 11 is 1.26. The molecule has 0 spiro atoms. The Morgan fingerprint density at radius 3 is 2.33 bits per heavy atom. The van der Waals surface area contributed by atoms with Crippen molar-refractivity contribution in [1.82, 2.24) is 15.2 Å². The summed E-state index contributed by atoms with van der Waals surface area (Å²) in [7, 11) is 0. The molecule has 1 aliphatic rings. The third-order valence-corrected chi connectivity index (χ3v) is 6.73. The molecule has 0 aliphatic carbocycles. The molecule has 5 aromatic rings. The molecule has 6 rings (SSSR count). The molecule has 0 bridgehead atoms. The van der Waals surface area contributed by atoms with Gasteiger partial charge >= 0.3 is 0 Å². The van der Waals surface area contributed by atoms with Crippen molar-refractivity contribution in [2.24, 2.45) is 0 Å². The molecule has 1 aliphatic heterocycles. The normalized spacial score (nSPS) is 12.9.